The first-order valence-corrected chi connectivity index (χ1v) is 5.01. The molecule has 78 valence electrons. The molecule has 5 nitrogen and oxygen atoms in total. The van der Waals surface area contributed by atoms with Gasteiger partial charge in [0, 0.05) is 13.1 Å². The van der Waals surface area contributed by atoms with Crippen molar-refractivity contribution in [3.8, 4) is 0 Å². The van der Waals surface area contributed by atoms with Gasteiger partial charge >= 0.3 is 0 Å². The lowest BCUT2D eigenvalue weighted by molar-refractivity contribution is 0.148. The van der Waals surface area contributed by atoms with E-state index in [-0.39, 0.29) is 12.1 Å². The lowest BCUT2D eigenvalue weighted by Crippen LogP contribution is -2.35. The zero-order valence-electron chi connectivity index (χ0n) is 8.35. The van der Waals surface area contributed by atoms with Gasteiger partial charge in [0.25, 0.3) is 0 Å². The number of aliphatic hydroxyl groups excluding tert-OH is 1. The van der Waals surface area contributed by atoms with Crippen LogP contribution in [0.2, 0.25) is 0 Å². The van der Waals surface area contributed by atoms with Crippen LogP contribution >= 0.6 is 0 Å². The number of hydrogen-bond acceptors (Lipinski definition) is 4. The molecule has 1 heterocycles. The molecule has 1 fully saturated rings. The molecule has 0 radical (unpaired) electrons. The molecule has 0 amide bonds. The summed E-state index contributed by atoms with van der Waals surface area (Å²) in [5, 5.41) is 20.6. The molecule has 2 N–H and O–H groups in total. The SMILES string of the molecule is Cn1cnnc1CNC1CCCC1O. The van der Waals surface area contributed by atoms with E-state index >= 15 is 0 Å². The second-order valence-corrected chi connectivity index (χ2v) is 3.84. The summed E-state index contributed by atoms with van der Waals surface area (Å²) >= 11 is 0. The molecule has 0 bridgehead atoms. The molecule has 2 unspecified atom stereocenters. The molecule has 2 atom stereocenters. The normalized spacial score (nSPS) is 27.0. The van der Waals surface area contributed by atoms with Crippen LogP contribution in [0.4, 0.5) is 0 Å². The standard InChI is InChI=1S/C9H16N4O/c1-13-6-11-12-9(13)5-10-7-3-2-4-8(7)14/h6-8,10,14H,2-5H2,1H3. The first kappa shape index (κ1) is 9.61. The van der Waals surface area contributed by atoms with Crippen LogP contribution in [0.1, 0.15) is 25.1 Å². The zero-order chi connectivity index (χ0) is 9.97. The molecule has 1 aromatic rings. The highest BCUT2D eigenvalue weighted by Crippen LogP contribution is 2.18. The summed E-state index contributed by atoms with van der Waals surface area (Å²) < 4.78 is 1.88. The average Bonchev–Trinajstić information content (AvgIpc) is 2.72. The average molecular weight is 196 g/mol. The molecule has 14 heavy (non-hydrogen) atoms. The van der Waals surface area contributed by atoms with Gasteiger partial charge in [-0.25, -0.2) is 0 Å². The summed E-state index contributed by atoms with van der Waals surface area (Å²) in [6.45, 7) is 0.679. The molecule has 1 aromatic heterocycles. The minimum absolute atomic E-state index is 0.191. The Morgan fingerprint density at radius 1 is 1.64 bits per heavy atom. The Bertz CT molecular complexity index is 299. The van der Waals surface area contributed by atoms with Crippen LogP contribution < -0.4 is 5.32 Å². The maximum absolute atomic E-state index is 9.58. The van der Waals surface area contributed by atoms with Gasteiger partial charge in [0.05, 0.1) is 12.6 Å². The number of hydrogen-bond donors (Lipinski definition) is 2. The summed E-state index contributed by atoms with van der Waals surface area (Å²) in [5.74, 6) is 0.907. The van der Waals surface area contributed by atoms with Crippen molar-refractivity contribution in [1.29, 1.82) is 0 Å². The van der Waals surface area contributed by atoms with Crippen molar-refractivity contribution in [2.75, 3.05) is 0 Å². The molecular formula is C9H16N4O. The third-order valence-corrected chi connectivity index (χ3v) is 2.81. The fourth-order valence-corrected chi connectivity index (χ4v) is 1.87. The van der Waals surface area contributed by atoms with E-state index in [0.29, 0.717) is 6.54 Å². The zero-order valence-corrected chi connectivity index (χ0v) is 8.35. The molecule has 1 saturated carbocycles. The highest BCUT2D eigenvalue weighted by atomic mass is 16.3. The van der Waals surface area contributed by atoms with Crippen molar-refractivity contribution in [2.45, 2.75) is 38.0 Å². The van der Waals surface area contributed by atoms with Crippen molar-refractivity contribution >= 4 is 0 Å². The van der Waals surface area contributed by atoms with Crippen LogP contribution in [0, 0.1) is 0 Å². The minimum atomic E-state index is -0.191. The van der Waals surface area contributed by atoms with Crippen LogP contribution in [0.5, 0.6) is 0 Å². The Kier molecular flexibility index (Phi) is 2.79. The van der Waals surface area contributed by atoms with Gasteiger partial charge in [0.1, 0.15) is 12.2 Å². The summed E-state index contributed by atoms with van der Waals surface area (Å²) in [6.07, 6.45) is 4.57. The van der Waals surface area contributed by atoms with Crippen molar-refractivity contribution < 1.29 is 5.11 Å². The number of aryl methyl sites for hydroxylation is 1. The summed E-state index contributed by atoms with van der Waals surface area (Å²) in [5.41, 5.74) is 0. The smallest absolute Gasteiger partial charge is 0.146 e. The fraction of sp³-hybridized carbons (Fsp3) is 0.778. The molecule has 2 rings (SSSR count). The summed E-state index contributed by atoms with van der Waals surface area (Å²) in [6, 6.07) is 0.228. The first-order chi connectivity index (χ1) is 6.77. The molecule has 0 aromatic carbocycles. The Morgan fingerprint density at radius 2 is 2.50 bits per heavy atom. The number of rotatable bonds is 3. The van der Waals surface area contributed by atoms with Gasteiger partial charge in [-0.05, 0) is 19.3 Å². The Hall–Kier alpha value is -0.940. The van der Waals surface area contributed by atoms with Crippen LogP contribution in [0.25, 0.3) is 0 Å². The lowest BCUT2D eigenvalue weighted by atomic mass is 10.2. The second-order valence-electron chi connectivity index (χ2n) is 3.84. The van der Waals surface area contributed by atoms with E-state index in [9.17, 15) is 5.11 Å². The van der Waals surface area contributed by atoms with Gasteiger partial charge in [-0.15, -0.1) is 10.2 Å². The van der Waals surface area contributed by atoms with E-state index in [2.05, 4.69) is 15.5 Å². The first-order valence-electron chi connectivity index (χ1n) is 5.01. The largest absolute Gasteiger partial charge is 0.392 e. The summed E-state index contributed by atoms with van der Waals surface area (Å²) in [7, 11) is 1.92. The second kappa shape index (κ2) is 4.06. The van der Waals surface area contributed by atoms with Crippen molar-refractivity contribution in [2.24, 2.45) is 7.05 Å². The van der Waals surface area contributed by atoms with E-state index in [1.165, 1.54) is 0 Å². The van der Waals surface area contributed by atoms with Gasteiger partial charge in [-0.3, -0.25) is 0 Å². The van der Waals surface area contributed by atoms with E-state index in [1.807, 2.05) is 11.6 Å². The van der Waals surface area contributed by atoms with Crippen molar-refractivity contribution in [3.05, 3.63) is 12.2 Å². The maximum atomic E-state index is 9.58. The van der Waals surface area contributed by atoms with Crippen molar-refractivity contribution in [1.82, 2.24) is 20.1 Å². The molecule has 1 aliphatic rings. The van der Waals surface area contributed by atoms with Crippen LogP contribution in [-0.4, -0.2) is 32.0 Å². The van der Waals surface area contributed by atoms with Gasteiger partial charge in [-0.1, -0.05) is 0 Å². The highest BCUT2D eigenvalue weighted by molar-refractivity contribution is 4.88. The van der Waals surface area contributed by atoms with Gasteiger partial charge in [0.2, 0.25) is 0 Å². The Morgan fingerprint density at radius 3 is 3.07 bits per heavy atom. The number of nitrogens with one attached hydrogen (secondary N) is 1. The minimum Gasteiger partial charge on any atom is -0.392 e. The third kappa shape index (κ3) is 1.93. The Labute approximate surface area is 83.2 Å². The van der Waals surface area contributed by atoms with Crippen LogP contribution in [-0.2, 0) is 13.6 Å². The maximum Gasteiger partial charge on any atom is 0.146 e. The predicted molar refractivity (Wildman–Crippen MR) is 51.5 cm³/mol. The van der Waals surface area contributed by atoms with Crippen LogP contribution in [0.3, 0.4) is 0 Å². The number of aromatic nitrogens is 3. The van der Waals surface area contributed by atoms with E-state index in [4.69, 9.17) is 0 Å². The van der Waals surface area contributed by atoms with Crippen molar-refractivity contribution in [3.63, 3.8) is 0 Å². The number of aliphatic hydroxyl groups is 1. The summed E-state index contributed by atoms with van der Waals surface area (Å²) in [4.78, 5) is 0. The topological polar surface area (TPSA) is 63.0 Å². The highest BCUT2D eigenvalue weighted by Gasteiger charge is 2.24. The van der Waals surface area contributed by atoms with Gasteiger partial charge in [0.15, 0.2) is 0 Å². The Balaban J connectivity index is 1.85. The lowest BCUT2D eigenvalue weighted by Gasteiger charge is -2.15. The van der Waals surface area contributed by atoms with E-state index < -0.39 is 0 Å². The molecular weight excluding hydrogens is 180 g/mol. The predicted octanol–water partition coefficient (Wildman–Crippen LogP) is -0.182. The molecule has 0 spiro atoms. The molecule has 0 aliphatic heterocycles. The fourth-order valence-electron chi connectivity index (χ4n) is 1.87. The molecule has 0 saturated heterocycles. The quantitative estimate of drug-likeness (QED) is 0.704. The van der Waals surface area contributed by atoms with E-state index in [1.54, 1.807) is 6.33 Å². The van der Waals surface area contributed by atoms with E-state index in [0.717, 1.165) is 25.1 Å². The van der Waals surface area contributed by atoms with Crippen LogP contribution in [0.15, 0.2) is 6.33 Å². The number of nitrogens with zero attached hydrogens (tertiary/aromatic N) is 3. The van der Waals surface area contributed by atoms with Gasteiger partial charge < -0.3 is 15.0 Å². The molecule has 1 aliphatic carbocycles. The molecule has 5 heteroatoms. The third-order valence-electron chi connectivity index (χ3n) is 2.81. The van der Waals surface area contributed by atoms with Gasteiger partial charge in [-0.2, -0.15) is 0 Å². The monoisotopic (exact) mass is 196 g/mol.